The Kier molecular flexibility index (Phi) is 2.69. The number of benzene rings is 1. The van der Waals surface area contributed by atoms with Crippen LogP contribution in [0.15, 0.2) is 67.0 Å². The molecular formula is C16H14NO+. The fraction of sp³-hybridized carbons (Fsp3) is 0.0625. The van der Waals surface area contributed by atoms with E-state index in [0.29, 0.717) is 5.75 Å². The van der Waals surface area contributed by atoms with Crippen LogP contribution in [0.25, 0.3) is 5.52 Å². The van der Waals surface area contributed by atoms with Gasteiger partial charge >= 0.3 is 0 Å². The molecule has 2 aromatic heterocycles. The van der Waals surface area contributed by atoms with Gasteiger partial charge in [-0.25, -0.2) is 0 Å². The van der Waals surface area contributed by atoms with E-state index in [2.05, 4.69) is 12.1 Å². The highest BCUT2D eigenvalue weighted by molar-refractivity contribution is 5.57. The van der Waals surface area contributed by atoms with Crippen molar-refractivity contribution in [1.29, 1.82) is 0 Å². The third-order valence-corrected chi connectivity index (χ3v) is 3.11. The van der Waals surface area contributed by atoms with Gasteiger partial charge in [0, 0.05) is 30.2 Å². The van der Waals surface area contributed by atoms with Crippen molar-refractivity contribution in [3.05, 3.63) is 78.1 Å². The van der Waals surface area contributed by atoms with Crippen LogP contribution in [0.1, 0.15) is 11.1 Å². The minimum atomic E-state index is 0.363. The summed E-state index contributed by atoms with van der Waals surface area (Å²) < 4.78 is 1.92. The molecule has 18 heavy (non-hydrogen) atoms. The van der Waals surface area contributed by atoms with E-state index in [1.807, 2.05) is 59.3 Å². The lowest BCUT2D eigenvalue weighted by atomic mass is 10.0. The molecule has 0 saturated heterocycles. The number of nitrogens with zero attached hydrogens (tertiary/aromatic N) is 1. The van der Waals surface area contributed by atoms with E-state index in [1.54, 1.807) is 0 Å². The zero-order chi connectivity index (χ0) is 12.4. The van der Waals surface area contributed by atoms with Gasteiger partial charge in [0.05, 0.1) is 0 Å². The summed E-state index contributed by atoms with van der Waals surface area (Å²) in [5.41, 5.74) is 2.99. The van der Waals surface area contributed by atoms with E-state index >= 15 is 0 Å². The third-order valence-electron chi connectivity index (χ3n) is 3.11. The Morgan fingerprint density at radius 1 is 0.833 bits per heavy atom. The largest absolute Gasteiger partial charge is 0.502 e. The van der Waals surface area contributed by atoms with Crippen LogP contribution in [0.2, 0.25) is 0 Å². The summed E-state index contributed by atoms with van der Waals surface area (Å²) >= 11 is 0. The van der Waals surface area contributed by atoms with E-state index < -0.39 is 0 Å². The molecule has 0 saturated carbocycles. The molecule has 2 heteroatoms. The van der Waals surface area contributed by atoms with Crippen LogP contribution in [-0.2, 0) is 6.42 Å². The monoisotopic (exact) mass is 236 g/mol. The van der Waals surface area contributed by atoms with E-state index in [9.17, 15) is 5.11 Å². The summed E-state index contributed by atoms with van der Waals surface area (Å²) in [5.74, 6) is 0.363. The van der Waals surface area contributed by atoms with Gasteiger partial charge in [-0.15, -0.1) is 0 Å². The van der Waals surface area contributed by atoms with Crippen molar-refractivity contribution in [3.63, 3.8) is 0 Å². The Bertz CT molecular complexity index is 677. The molecule has 0 aliphatic rings. The van der Waals surface area contributed by atoms with Crippen LogP contribution >= 0.6 is 0 Å². The molecule has 3 rings (SSSR count). The van der Waals surface area contributed by atoms with Gasteiger partial charge in [0.1, 0.15) is 0 Å². The number of rotatable bonds is 2. The molecule has 0 spiro atoms. The number of hydrogen-bond donors (Lipinski definition) is 1. The maximum atomic E-state index is 10.3. The Morgan fingerprint density at radius 2 is 1.61 bits per heavy atom. The first-order valence-electron chi connectivity index (χ1n) is 5.99. The van der Waals surface area contributed by atoms with Crippen molar-refractivity contribution in [3.8, 4) is 5.75 Å². The Balaban J connectivity index is 2.05. The molecule has 0 unspecified atom stereocenters. The fourth-order valence-corrected chi connectivity index (χ4v) is 2.16. The van der Waals surface area contributed by atoms with Crippen molar-refractivity contribution >= 4 is 5.52 Å². The molecule has 0 aliphatic carbocycles. The van der Waals surface area contributed by atoms with Gasteiger partial charge in [0.2, 0.25) is 0 Å². The molecule has 1 N–H and O–H groups in total. The smallest absolute Gasteiger partial charge is 0.252 e. The minimum Gasteiger partial charge on any atom is -0.502 e. The van der Waals surface area contributed by atoms with Gasteiger partial charge in [-0.3, -0.25) is 0 Å². The van der Waals surface area contributed by atoms with E-state index in [0.717, 1.165) is 17.5 Å². The van der Waals surface area contributed by atoms with Gasteiger partial charge < -0.3 is 5.11 Å². The molecule has 3 aromatic rings. The molecule has 2 nitrogen and oxygen atoms in total. The number of aromatic hydroxyl groups is 1. The van der Waals surface area contributed by atoms with E-state index in [4.69, 9.17) is 0 Å². The molecule has 1 aromatic carbocycles. The van der Waals surface area contributed by atoms with Crippen LogP contribution in [-0.4, -0.2) is 5.11 Å². The summed E-state index contributed by atoms with van der Waals surface area (Å²) in [6.45, 7) is 0. The SMILES string of the molecule is Oc1c(Cc2ccccc2)cc[n+]2ccccc12. The molecule has 0 radical (unpaired) electrons. The zero-order valence-corrected chi connectivity index (χ0v) is 9.95. The zero-order valence-electron chi connectivity index (χ0n) is 9.95. The first-order valence-corrected chi connectivity index (χ1v) is 5.99. The summed E-state index contributed by atoms with van der Waals surface area (Å²) in [6, 6.07) is 17.9. The van der Waals surface area contributed by atoms with Gasteiger partial charge in [-0.05, 0) is 11.6 Å². The highest BCUT2D eigenvalue weighted by Gasteiger charge is 2.12. The van der Waals surface area contributed by atoms with Gasteiger partial charge in [0.25, 0.3) is 5.52 Å². The van der Waals surface area contributed by atoms with Crippen molar-refractivity contribution < 1.29 is 9.51 Å². The Labute approximate surface area is 106 Å². The second-order valence-electron chi connectivity index (χ2n) is 4.35. The molecule has 0 fully saturated rings. The average molecular weight is 236 g/mol. The topological polar surface area (TPSA) is 24.3 Å². The standard InChI is InChI=1S/C16H13NO/c18-16-14(12-13-6-2-1-3-7-13)9-11-17-10-5-4-8-15(16)17/h1-11H,12H2/p+1. The van der Waals surface area contributed by atoms with Gasteiger partial charge in [0.15, 0.2) is 18.1 Å². The van der Waals surface area contributed by atoms with Crippen molar-refractivity contribution in [2.24, 2.45) is 0 Å². The normalized spacial score (nSPS) is 10.7. The molecule has 2 heterocycles. The molecule has 0 aliphatic heterocycles. The van der Waals surface area contributed by atoms with Crippen LogP contribution in [0.3, 0.4) is 0 Å². The second-order valence-corrected chi connectivity index (χ2v) is 4.35. The maximum absolute atomic E-state index is 10.3. The Hall–Kier alpha value is -2.35. The van der Waals surface area contributed by atoms with Crippen molar-refractivity contribution in [1.82, 2.24) is 0 Å². The average Bonchev–Trinajstić information content (AvgIpc) is 2.43. The first-order chi connectivity index (χ1) is 8.84. The molecular weight excluding hydrogens is 222 g/mol. The highest BCUT2D eigenvalue weighted by Crippen LogP contribution is 2.22. The molecule has 0 atom stereocenters. The quantitative estimate of drug-likeness (QED) is 0.680. The lowest BCUT2D eigenvalue weighted by molar-refractivity contribution is -0.512. The van der Waals surface area contributed by atoms with Crippen LogP contribution in [0.5, 0.6) is 5.75 Å². The van der Waals surface area contributed by atoms with E-state index in [-0.39, 0.29) is 0 Å². The number of pyridine rings is 2. The minimum absolute atomic E-state index is 0.363. The fourth-order valence-electron chi connectivity index (χ4n) is 2.16. The molecule has 0 bridgehead atoms. The lowest BCUT2D eigenvalue weighted by Gasteiger charge is -2.04. The summed E-state index contributed by atoms with van der Waals surface area (Å²) in [6.07, 6.45) is 4.66. The van der Waals surface area contributed by atoms with Gasteiger partial charge in [-0.1, -0.05) is 30.3 Å². The number of aromatic nitrogens is 1. The summed E-state index contributed by atoms with van der Waals surface area (Å²) in [5, 5.41) is 10.3. The molecule has 0 amide bonds. The maximum Gasteiger partial charge on any atom is 0.252 e. The first kappa shape index (κ1) is 10.8. The highest BCUT2D eigenvalue weighted by atomic mass is 16.3. The summed E-state index contributed by atoms with van der Waals surface area (Å²) in [7, 11) is 0. The molecule has 88 valence electrons. The summed E-state index contributed by atoms with van der Waals surface area (Å²) in [4.78, 5) is 0. The van der Waals surface area contributed by atoms with Crippen molar-refractivity contribution in [2.45, 2.75) is 6.42 Å². The van der Waals surface area contributed by atoms with E-state index in [1.165, 1.54) is 5.56 Å². The predicted molar refractivity (Wildman–Crippen MR) is 70.5 cm³/mol. The van der Waals surface area contributed by atoms with Crippen LogP contribution < -0.4 is 4.40 Å². The van der Waals surface area contributed by atoms with Gasteiger partial charge in [-0.2, -0.15) is 4.40 Å². The Morgan fingerprint density at radius 3 is 2.44 bits per heavy atom. The number of fused-ring (bicyclic) bond motifs is 1. The lowest BCUT2D eigenvalue weighted by Crippen LogP contribution is -2.20. The predicted octanol–water partition coefficient (Wildman–Crippen LogP) is 2.72. The number of hydrogen-bond acceptors (Lipinski definition) is 1. The van der Waals surface area contributed by atoms with Crippen LogP contribution in [0.4, 0.5) is 0 Å². The second kappa shape index (κ2) is 4.49. The van der Waals surface area contributed by atoms with Crippen LogP contribution in [0, 0.1) is 0 Å². The third kappa shape index (κ3) is 1.93. The van der Waals surface area contributed by atoms with Crippen molar-refractivity contribution in [2.75, 3.05) is 0 Å².